The van der Waals surface area contributed by atoms with Gasteiger partial charge in [-0.1, -0.05) is 144 Å². The van der Waals surface area contributed by atoms with E-state index in [-0.39, 0.29) is 32.1 Å². The fraction of sp³-hybridized carbons (Fsp3) is 0.644. The Morgan fingerprint density at radius 2 is 1.04 bits per heavy atom. The summed E-state index contributed by atoms with van der Waals surface area (Å²) in [6.45, 7) is 3.33. The summed E-state index contributed by atoms with van der Waals surface area (Å²) in [7, 11) is -4.43. The third-order valence-corrected chi connectivity index (χ3v) is 9.29. The van der Waals surface area contributed by atoms with Gasteiger partial charge in [-0.15, -0.1) is 0 Å². The monoisotopic (exact) mass is 790 g/mol. The molecule has 2 atom stereocenters. The number of allylic oxidation sites excluding steroid dienone is 14. The number of carbonyl (C=O) groups excluding carboxylic acids is 2. The van der Waals surface area contributed by atoms with E-state index in [1.165, 1.54) is 19.3 Å². The molecule has 1 amide bonds. The van der Waals surface area contributed by atoms with E-state index in [4.69, 9.17) is 13.8 Å². The standard InChI is InChI=1S/C45H76NO8P/c1-3-5-7-9-11-13-15-16-17-18-19-20-21-22-23-24-25-26-28-30-32-34-36-38-45(49)52-41-43(47)42-54-55(50,51)53-40-39-46-44(48)37-35-33-31-29-27-14-12-10-8-6-4-2/h5,7,10-13,16-17,19-20,22-23,25-26,43,47H,3-4,6,8-9,14-15,18,21,24,27-42H2,1-2H3,(H,46,48)(H,50,51)/b7-5-,12-10-,13-11-,17-16-,20-19-,23-22-,26-25-. The van der Waals surface area contributed by atoms with Crippen LogP contribution in [0.4, 0.5) is 0 Å². The van der Waals surface area contributed by atoms with Crippen molar-refractivity contribution in [2.24, 2.45) is 0 Å². The molecule has 2 unspecified atom stereocenters. The molecule has 10 heteroatoms. The first-order valence-electron chi connectivity index (χ1n) is 21.1. The van der Waals surface area contributed by atoms with E-state index in [1.54, 1.807) is 0 Å². The molecule has 0 bridgehead atoms. The summed E-state index contributed by atoms with van der Waals surface area (Å²) in [5, 5.41) is 12.7. The number of unbranched alkanes of at least 4 members (excludes halogenated alkanes) is 11. The smallest absolute Gasteiger partial charge is 0.463 e. The zero-order valence-electron chi connectivity index (χ0n) is 34.3. The number of carbonyl (C=O) groups is 2. The predicted octanol–water partition coefficient (Wildman–Crippen LogP) is 11.7. The zero-order valence-corrected chi connectivity index (χ0v) is 35.2. The number of hydrogen-bond acceptors (Lipinski definition) is 7. The van der Waals surface area contributed by atoms with Gasteiger partial charge < -0.3 is 20.1 Å². The first kappa shape index (κ1) is 52.2. The van der Waals surface area contributed by atoms with Crippen LogP contribution in [0.1, 0.15) is 155 Å². The Labute approximate surface area is 334 Å². The van der Waals surface area contributed by atoms with E-state index in [0.29, 0.717) is 12.8 Å². The number of ether oxygens (including phenoxy) is 1. The largest absolute Gasteiger partial charge is 0.472 e. The number of aliphatic hydroxyl groups is 1. The van der Waals surface area contributed by atoms with Crippen LogP contribution < -0.4 is 5.32 Å². The van der Waals surface area contributed by atoms with Crippen molar-refractivity contribution in [1.82, 2.24) is 5.32 Å². The summed E-state index contributed by atoms with van der Waals surface area (Å²) in [5.41, 5.74) is 0. The lowest BCUT2D eigenvalue weighted by Gasteiger charge is -2.15. The highest BCUT2D eigenvalue weighted by atomic mass is 31.2. The third-order valence-electron chi connectivity index (χ3n) is 8.31. The van der Waals surface area contributed by atoms with Crippen molar-refractivity contribution in [3.8, 4) is 0 Å². The summed E-state index contributed by atoms with van der Waals surface area (Å²) >= 11 is 0. The minimum Gasteiger partial charge on any atom is -0.463 e. The Kier molecular flexibility index (Phi) is 38.8. The van der Waals surface area contributed by atoms with Gasteiger partial charge in [0, 0.05) is 19.4 Å². The molecule has 0 heterocycles. The highest BCUT2D eigenvalue weighted by Crippen LogP contribution is 2.42. The second-order valence-corrected chi connectivity index (χ2v) is 15.0. The Morgan fingerprint density at radius 3 is 1.58 bits per heavy atom. The van der Waals surface area contributed by atoms with Crippen LogP contribution in [-0.4, -0.2) is 54.3 Å². The lowest BCUT2D eigenvalue weighted by Crippen LogP contribution is -2.27. The van der Waals surface area contributed by atoms with Crippen LogP contribution in [0.15, 0.2) is 85.1 Å². The second kappa shape index (κ2) is 40.8. The van der Waals surface area contributed by atoms with Crippen LogP contribution in [0.25, 0.3) is 0 Å². The van der Waals surface area contributed by atoms with Crippen LogP contribution in [0.2, 0.25) is 0 Å². The van der Waals surface area contributed by atoms with E-state index in [1.807, 2.05) is 0 Å². The molecule has 0 aromatic carbocycles. The molecular formula is C45H76NO8P. The summed E-state index contributed by atoms with van der Waals surface area (Å²) in [6, 6.07) is 0. The first-order chi connectivity index (χ1) is 26.8. The molecule has 0 aliphatic carbocycles. The molecular weight excluding hydrogens is 713 g/mol. The molecule has 9 nitrogen and oxygen atoms in total. The van der Waals surface area contributed by atoms with Crippen molar-refractivity contribution < 1.29 is 37.9 Å². The summed E-state index contributed by atoms with van der Waals surface area (Å²) < 4.78 is 26.8. The van der Waals surface area contributed by atoms with Crippen LogP contribution in [-0.2, 0) is 27.9 Å². The molecule has 3 N–H and O–H groups in total. The number of esters is 1. The van der Waals surface area contributed by atoms with E-state index < -0.39 is 26.5 Å². The van der Waals surface area contributed by atoms with Gasteiger partial charge in [-0.25, -0.2) is 4.57 Å². The Morgan fingerprint density at radius 1 is 0.582 bits per heavy atom. The van der Waals surface area contributed by atoms with Crippen LogP contribution >= 0.6 is 7.82 Å². The van der Waals surface area contributed by atoms with Gasteiger partial charge in [0.05, 0.1) is 13.2 Å². The molecule has 0 aliphatic heterocycles. The Balaban J connectivity index is 3.70. The van der Waals surface area contributed by atoms with Crippen molar-refractivity contribution in [2.75, 3.05) is 26.4 Å². The molecule has 0 rings (SSSR count). The molecule has 55 heavy (non-hydrogen) atoms. The average molecular weight is 790 g/mol. The third kappa shape index (κ3) is 42.2. The molecule has 0 aromatic heterocycles. The fourth-order valence-electron chi connectivity index (χ4n) is 5.13. The normalized spacial score (nSPS) is 14.2. The van der Waals surface area contributed by atoms with E-state index >= 15 is 0 Å². The van der Waals surface area contributed by atoms with Crippen molar-refractivity contribution in [1.29, 1.82) is 0 Å². The van der Waals surface area contributed by atoms with Gasteiger partial charge >= 0.3 is 13.8 Å². The topological polar surface area (TPSA) is 131 Å². The van der Waals surface area contributed by atoms with Crippen molar-refractivity contribution >= 4 is 19.7 Å². The van der Waals surface area contributed by atoms with Crippen molar-refractivity contribution in [2.45, 2.75) is 161 Å². The molecule has 0 fully saturated rings. The predicted molar refractivity (Wildman–Crippen MR) is 229 cm³/mol. The van der Waals surface area contributed by atoms with Crippen molar-refractivity contribution in [3.05, 3.63) is 85.1 Å². The van der Waals surface area contributed by atoms with Gasteiger partial charge in [0.2, 0.25) is 5.91 Å². The molecule has 0 spiro atoms. The van der Waals surface area contributed by atoms with Crippen molar-refractivity contribution in [3.63, 3.8) is 0 Å². The highest BCUT2D eigenvalue weighted by Gasteiger charge is 2.23. The fourth-order valence-corrected chi connectivity index (χ4v) is 5.88. The maximum Gasteiger partial charge on any atom is 0.472 e. The number of aliphatic hydroxyl groups excluding tert-OH is 1. The lowest BCUT2D eigenvalue weighted by molar-refractivity contribution is -0.147. The Hall–Kier alpha value is -2.81. The molecule has 0 aromatic rings. The lowest BCUT2D eigenvalue weighted by atomic mass is 10.1. The van der Waals surface area contributed by atoms with E-state index in [0.717, 1.165) is 103 Å². The highest BCUT2D eigenvalue weighted by molar-refractivity contribution is 7.47. The second-order valence-electron chi connectivity index (χ2n) is 13.6. The molecule has 0 saturated carbocycles. The van der Waals surface area contributed by atoms with E-state index in [2.05, 4.69) is 104 Å². The molecule has 314 valence electrons. The molecule has 0 saturated heterocycles. The summed E-state index contributed by atoms with van der Waals surface area (Å²) in [4.78, 5) is 33.8. The van der Waals surface area contributed by atoms with Gasteiger partial charge in [-0.05, 0) is 83.5 Å². The zero-order chi connectivity index (χ0) is 40.3. The maximum absolute atomic E-state index is 12.1. The van der Waals surface area contributed by atoms with Gasteiger partial charge in [0.25, 0.3) is 0 Å². The minimum atomic E-state index is -4.43. The van der Waals surface area contributed by atoms with E-state index in [9.17, 15) is 24.2 Å². The summed E-state index contributed by atoms with van der Waals surface area (Å²) in [6.07, 6.45) is 50.9. The molecule has 0 radical (unpaired) electrons. The first-order valence-corrected chi connectivity index (χ1v) is 22.6. The van der Waals surface area contributed by atoms with Gasteiger partial charge in [-0.2, -0.15) is 0 Å². The van der Waals surface area contributed by atoms with Gasteiger partial charge in [0.15, 0.2) is 0 Å². The number of phosphoric ester groups is 1. The number of rotatable bonds is 38. The maximum atomic E-state index is 12.1. The minimum absolute atomic E-state index is 0.0692. The Bertz CT molecular complexity index is 1170. The van der Waals surface area contributed by atoms with Gasteiger partial charge in [-0.3, -0.25) is 18.6 Å². The van der Waals surface area contributed by atoms with Crippen LogP contribution in [0, 0.1) is 0 Å². The van der Waals surface area contributed by atoms with Crippen LogP contribution in [0.5, 0.6) is 0 Å². The number of nitrogens with one attached hydrogen (secondary N) is 1. The number of hydrogen-bond donors (Lipinski definition) is 3. The summed E-state index contributed by atoms with van der Waals surface area (Å²) in [5.74, 6) is -0.560. The van der Waals surface area contributed by atoms with Crippen LogP contribution in [0.3, 0.4) is 0 Å². The SMILES string of the molecule is CC/C=C\C/C=C\C/C=C\C/C=C\C/C=C\C/C=C\CCCCCCC(=O)OCC(O)COP(=O)(O)OCCNC(=O)CCCCCCC/C=C\CCCC. The average Bonchev–Trinajstić information content (AvgIpc) is 3.17. The van der Waals surface area contributed by atoms with Gasteiger partial charge in [0.1, 0.15) is 12.7 Å². The molecule has 0 aliphatic rings. The number of amides is 1. The number of phosphoric acid groups is 1. The quantitative estimate of drug-likeness (QED) is 0.0244.